The van der Waals surface area contributed by atoms with Gasteiger partial charge in [-0.2, -0.15) is 0 Å². The average Bonchev–Trinajstić information content (AvgIpc) is 2.84. The number of methoxy groups -OCH3 is 1. The van der Waals surface area contributed by atoms with Crippen molar-refractivity contribution in [1.82, 2.24) is 0 Å². The van der Waals surface area contributed by atoms with Gasteiger partial charge >= 0.3 is 0 Å². The molecule has 1 aliphatic rings. The number of nitrogens with zero attached hydrogens (tertiary/aromatic N) is 1. The molecule has 1 saturated heterocycles. The van der Waals surface area contributed by atoms with Crippen LogP contribution in [-0.2, 0) is 24.8 Å². The van der Waals surface area contributed by atoms with Crippen LogP contribution in [0.2, 0.25) is 0 Å². The van der Waals surface area contributed by atoms with Crippen LogP contribution in [-0.4, -0.2) is 35.6 Å². The molecule has 28 heavy (non-hydrogen) atoms. The number of anilines is 2. The minimum atomic E-state index is -3.91. The number of hydrogen-bond acceptors (Lipinski definition) is 6. The molecule has 1 heterocycles. The first-order valence-corrected chi connectivity index (χ1v) is 11.5. The monoisotopic (exact) mass is 424 g/mol. The second-order valence-corrected chi connectivity index (χ2v) is 10.1. The van der Waals surface area contributed by atoms with E-state index in [0.29, 0.717) is 17.0 Å². The molecule has 2 aromatic carbocycles. The van der Waals surface area contributed by atoms with Crippen LogP contribution in [0.1, 0.15) is 12.5 Å². The molecule has 1 atom stereocenters. The molecule has 2 aromatic rings. The largest absolute Gasteiger partial charge is 0.497 e. The number of amides is 1. The molecule has 0 aromatic heterocycles. The number of sulfonamides is 2. The van der Waals surface area contributed by atoms with Crippen molar-refractivity contribution in [2.45, 2.75) is 18.7 Å². The van der Waals surface area contributed by atoms with Crippen LogP contribution in [0.15, 0.2) is 47.4 Å². The molecular weight excluding hydrogens is 404 g/mol. The summed E-state index contributed by atoms with van der Waals surface area (Å²) < 4.78 is 58.0. The maximum absolute atomic E-state index is 12.7. The Hall–Kier alpha value is -2.59. The van der Waals surface area contributed by atoms with Gasteiger partial charge in [-0.1, -0.05) is 13.0 Å². The number of carbonyl (C=O) groups is 1. The van der Waals surface area contributed by atoms with E-state index in [1.54, 1.807) is 32.0 Å². The van der Waals surface area contributed by atoms with Crippen molar-refractivity contribution in [2.24, 2.45) is 5.92 Å². The SMILES string of the molecule is COc1ccc(C)c(NS(=O)(=O)c2ccc(N3C(=O)[C@@H](C)CS3(=O)=O)cc2)c1. The van der Waals surface area contributed by atoms with Gasteiger partial charge in [-0.05, 0) is 42.8 Å². The molecule has 3 rings (SSSR count). The normalized spacial score (nSPS) is 18.9. The molecule has 1 amide bonds. The maximum atomic E-state index is 12.7. The van der Waals surface area contributed by atoms with Crippen LogP contribution in [0, 0.1) is 12.8 Å². The number of benzene rings is 2. The Labute approximate surface area is 164 Å². The van der Waals surface area contributed by atoms with Crippen LogP contribution < -0.4 is 13.8 Å². The molecule has 1 fully saturated rings. The zero-order valence-electron chi connectivity index (χ0n) is 15.5. The second-order valence-electron chi connectivity index (χ2n) is 6.56. The van der Waals surface area contributed by atoms with Gasteiger partial charge < -0.3 is 4.74 Å². The topological polar surface area (TPSA) is 110 Å². The van der Waals surface area contributed by atoms with E-state index in [9.17, 15) is 21.6 Å². The number of carbonyl (C=O) groups excluding carboxylic acids is 1. The highest BCUT2D eigenvalue weighted by Gasteiger charge is 2.41. The van der Waals surface area contributed by atoms with Gasteiger partial charge in [0, 0.05) is 6.07 Å². The van der Waals surface area contributed by atoms with E-state index in [-0.39, 0.29) is 16.3 Å². The average molecular weight is 425 g/mol. The van der Waals surface area contributed by atoms with E-state index < -0.39 is 31.9 Å². The van der Waals surface area contributed by atoms with Gasteiger partial charge in [0.15, 0.2) is 0 Å². The standard InChI is InChI=1S/C18H20N2O6S2/c1-12-4-7-15(26-3)10-17(12)19-28(24,25)16-8-5-14(6-9-16)20-18(21)13(2)11-27(20,22)23/h4-10,13,19H,11H2,1-3H3/t13-/m0/s1. The first kappa shape index (κ1) is 20.2. The number of ether oxygens (including phenoxy) is 1. The fourth-order valence-corrected chi connectivity index (χ4v) is 5.83. The molecule has 1 N–H and O–H groups in total. The molecule has 0 unspecified atom stereocenters. The zero-order chi connectivity index (χ0) is 20.7. The fourth-order valence-electron chi connectivity index (χ4n) is 2.89. The summed E-state index contributed by atoms with van der Waals surface area (Å²) in [5.74, 6) is -0.917. The molecule has 0 bridgehead atoms. The molecule has 8 nitrogen and oxygen atoms in total. The van der Waals surface area contributed by atoms with Crippen LogP contribution in [0.25, 0.3) is 0 Å². The number of aryl methyl sites for hydroxylation is 1. The van der Waals surface area contributed by atoms with E-state index in [1.807, 2.05) is 0 Å². The van der Waals surface area contributed by atoms with Crippen molar-refractivity contribution in [2.75, 3.05) is 21.9 Å². The first-order valence-electron chi connectivity index (χ1n) is 8.39. The van der Waals surface area contributed by atoms with Crippen LogP contribution in [0.5, 0.6) is 5.75 Å². The summed E-state index contributed by atoms with van der Waals surface area (Å²) in [4.78, 5) is 12.1. The number of hydrogen-bond donors (Lipinski definition) is 1. The van der Waals surface area contributed by atoms with Gasteiger partial charge in [-0.3, -0.25) is 9.52 Å². The van der Waals surface area contributed by atoms with Gasteiger partial charge in [0.1, 0.15) is 5.75 Å². The van der Waals surface area contributed by atoms with Crippen LogP contribution >= 0.6 is 0 Å². The number of rotatable bonds is 5. The Bertz CT molecular complexity index is 1130. The summed E-state index contributed by atoms with van der Waals surface area (Å²) >= 11 is 0. The lowest BCUT2D eigenvalue weighted by Crippen LogP contribution is -2.30. The molecule has 0 aliphatic carbocycles. The summed E-state index contributed by atoms with van der Waals surface area (Å²) in [5.41, 5.74) is 1.20. The zero-order valence-corrected chi connectivity index (χ0v) is 17.2. The summed E-state index contributed by atoms with van der Waals surface area (Å²) in [6, 6.07) is 10.2. The fraction of sp³-hybridized carbons (Fsp3) is 0.278. The molecule has 10 heteroatoms. The van der Waals surface area contributed by atoms with Crippen molar-refractivity contribution >= 4 is 37.3 Å². The molecule has 0 spiro atoms. The van der Waals surface area contributed by atoms with Crippen molar-refractivity contribution in [3.05, 3.63) is 48.0 Å². The quantitative estimate of drug-likeness (QED) is 0.787. The van der Waals surface area contributed by atoms with Gasteiger partial charge in [0.05, 0.1) is 35.1 Å². The summed E-state index contributed by atoms with van der Waals surface area (Å²) in [6.07, 6.45) is 0. The van der Waals surface area contributed by atoms with E-state index in [0.717, 1.165) is 4.31 Å². The Kier molecular flexibility index (Phi) is 5.11. The number of nitrogens with one attached hydrogen (secondary N) is 1. The Morgan fingerprint density at radius 3 is 2.32 bits per heavy atom. The Balaban J connectivity index is 1.90. The molecule has 0 saturated carbocycles. The van der Waals surface area contributed by atoms with E-state index >= 15 is 0 Å². The van der Waals surface area contributed by atoms with E-state index in [1.165, 1.54) is 31.4 Å². The van der Waals surface area contributed by atoms with Gasteiger partial charge in [0.25, 0.3) is 10.0 Å². The van der Waals surface area contributed by atoms with Crippen LogP contribution in [0.4, 0.5) is 11.4 Å². The highest BCUT2D eigenvalue weighted by atomic mass is 32.2. The molecule has 150 valence electrons. The van der Waals surface area contributed by atoms with Crippen LogP contribution in [0.3, 0.4) is 0 Å². The predicted molar refractivity (Wildman–Crippen MR) is 105 cm³/mol. The second kappa shape index (κ2) is 7.10. The molecule has 1 aliphatic heterocycles. The highest BCUT2D eigenvalue weighted by Crippen LogP contribution is 2.30. The van der Waals surface area contributed by atoms with Crippen molar-refractivity contribution in [3.8, 4) is 5.75 Å². The lowest BCUT2D eigenvalue weighted by atomic mass is 10.2. The Morgan fingerprint density at radius 2 is 1.79 bits per heavy atom. The minimum absolute atomic E-state index is 0.0597. The minimum Gasteiger partial charge on any atom is -0.497 e. The van der Waals surface area contributed by atoms with Gasteiger partial charge in [-0.25, -0.2) is 21.1 Å². The first-order chi connectivity index (χ1) is 13.0. The van der Waals surface area contributed by atoms with Gasteiger partial charge in [-0.15, -0.1) is 0 Å². The smallest absolute Gasteiger partial charge is 0.261 e. The third-order valence-electron chi connectivity index (χ3n) is 4.43. The lowest BCUT2D eigenvalue weighted by Gasteiger charge is -2.16. The predicted octanol–water partition coefficient (Wildman–Crippen LogP) is 2.12. The molecule has 0 radical (unpaired) electrons. The Morgan fingerprint density at radius 1 is 1.14 bits per heavy atom. The third-order valence-corrected chi connectivity index (χ3v) is 7.68. The molecular formula is C18H20N2O6S2. The summed E-state index contributed by atoms with van der Waals surface area (Å²) in [7, 11) is -6.17. The van der Waals surface area contributed by atoms with E-state index in [2.05, 4.69) is 4.72 Å². The summed E-state index contributed by atoms with van der Waals surface area (Å²) in [5, 5.41) is 0. The third kappa shape index (κ3) is 3.69. The maximum Gasteiger partial charge on any atom is 0.261 e. The van der Waals surface area contributed by atoms with Crippen molar-refractivity contribution < 1.29 is 26.4 Å². The van der Waals surface area contributed by atoms with Crippen molar-refractivity contribution in [1.29, 1.82) is 0 Å². The highest BCUT2D eigenvalue weighted by molar-refractivity contribution is 7.94. The van der Waals surface area contributed by atoms with Gasteiger partial charge in [0.2, 0.25) is 15.9 Å². The lowest BCUT2D eigenvalue weighted by molar-refractivity contribution is -0.119. The van der Waals surface area contributed by atoms with Crippen molar-refractivity contribution in [3.63, 3.8) is 0 Å². The van der Waals surface area contributed by atoms with E-state index in [4.69, 9.17) is 4.74 Å². The summed E-state index contributed by atoms with van der Waals surface area (Å²) in [6.45, 7) is 3.30.